The predicted octanol–water partition coefficient (Wildman–Crippen LogP) is 2.68. The maximum absolute atomic E-state index is 5.28. The molecule has 4 rings (SSSR count). The van der Waals surface area contributed by atoms with Crippen molar-refractivity contribution in [2.75, 3.05) is 64.4 Å². The monoisotopic (exact) mass is 364 g/mol. The van der Waals surface area contributed by atoms with Gasteiger partial charge < -0.3 is 14.5 Å². The third-order valence-electron chi connectivity index (χ3n) is 6.17. The maximum Gasteiger partial charge on any atom is 0.185 e. The Labute approximate surface area is 156 Å². The highest BCUT2D eigenvalue weighted by Gasteiger charge is 2.41. The van der Waals surface area contributed by atoms with E-state index in [1.807, 2.05) is 18.4 Å². The smallest absolute Gasteiger partial charge is 0.185 e. The molecule has 3 fully saturated rings. The summed E-state index contributed by atoms with van der Waals surface area (Å²) in [5.41, 5.74) is 0.522. The number of nitrogens with zero attached hydrogens (tertiary/aromatic N) is 4. The van der Waals surface area contributed by atoms with Crippen LogP contribution in [0.4, 0.5) is 5.13 Å². The van der Waals surface area contributed by atoms with Crippen molar-refractivity contribution in [3.05, 3.63) is 11.1 Å². The molecule has 140 valence electrons. The zero-order chi connectivity index (χ0) is 17.1. The lowest BCUT2D eigenvalue weighted by molar-refractivity contribution is 0.0674. The molecule has 0 unspecified atom stereocenters. The molecular weight excluding hydrogens is 332 g/mol. The van der Waals surface area contributed by atoms with Crippen molar-refractivity contribution in [1.29, 1.82) is 0 Å². The Kier molecular flexibility index (Phi) is 5.60. The number of thiazole rings is 1. The van der Waals surface area contributed by atoms with Crippen molar-refractivity contribution in [2.24, 2.45) is 5.41 Å². The molecular formula is C19H32N4OS. The Balaban J connectivity index is 1.31. The van der Waals surface area contributed by atoms with Gasteiger partial charge in [-0.3, -0.25) is 4.90 Å². The van der Waals surface area contributed by atoms with E-state index in [-0.39, 0.29) is 0 Å². The van der Waals surface area contributed by atoms with Crippen LogP contribution in [0, 0.1) is 5.41 Å². The summed E-state index contributed by atoms with van der Waals surface area (Å²) in [6.07, 6.45) is 8.86. The van der Waals surface area contributed by atoms with Gasteiger partial charge in [0.25, 0.3) is 0 Å². The summed E-state index contributed by atoms with van der Waals surface area (Å²) in [5.74, 6) is 0. The van der Waals surface area contributed by atoms with Crippen LogP contribution in [0.3, 0.4) is 0 Å². The van der Waals surface area contributed by atoms with Gasteiger partial charge in [0.1, 0.15) is 0 Å². The molecule has 1 spiro atoms. The van der Waals surface area contributed by atoms with Crippen LogP contribution in [0.2, 0.25) is 0 Å². The largest absolute Gasteiger partial charge is 0.383 e. The van der Waals surface area contributed by atoms with Gasteiger partial charge in [0, 0.05) is 57.5 Å². The highest BCUT2D eigenvalue weighted by molar-refractivity contribution is 7.15. The Morgan fingerprint density at radius 1 is 1.08 bits per heavy atom. The average molecular weight is 365 g/mol. The van der Waals surface area contributed by atoms with E-state index in [1.54, 1.807) is 0 Å². The van der Waals surface area contributed by atoms with Crippen LogP contribution in [0.25, 0.3) is 0 Å². The molecule has 0 bridgehead atoms. The third-order valence-corrected chi connectivity index (χ3v) is 7.21. The van der Waals surface area contributed by atoms with Gasteiger partial charge in [0.05, 0.1) is 6.61 Å². The first-order chi connectivity index (χ1) is 12.3. The molecule has 3 aliphatic rings. The van der Waals surface area contributed by atoms with Crippen LogP contribution in [-0.2, 0) is 11.3 Å². The molecule has 0 radical (unpaired) electrons. The van der Waals surface area contributed by atoms with Crippen LogP contribution in [0.5, 0.6) is 0 Å². The summed E-state index contributed by atoms with van der Waals surface area (Å²) in [4.78, 5) is 13.9. The van der Waals surface area contributed by atoms with Gasteiger partial charge in [-0.2, -0.15) is 0 Å². The molecule has 1 aromatic heterocycles. The SMILES string of the molecule is COCCN1CCC[C@@]2(CCN(Cc3cnc(N4CCCC4)s3)C2)C1. The quantitative estimate of drug-likeness (QED) is 0.775. The minimum absolute atomic E-state index is 0.522. The predicted molar refractivity (Wildman–Crippen MR) is 103 cm³/mol. The van der Waals surface area contributed by atoms with E-state index in [0.29, 0.717) is 5.41 Å². The molecule has 0 aliphatic carbocycles. The molecule has 4 heterocycles. The number of hydrogen-bond acceptors (Lipinski definition) is 6. The zero-order valence-corrected chi connectivity index (χ0v) is 16.4. The molecule has 3 aliphatic heterocycles. The second-order valence-corrected chi connectivity index (χ2v) is 9.23. The van der Waals surface area contributed by atoms with Gasteiger partial charge in [-0.1, -0.05) is 0 Å². The minimum atomic E-state index is 0.522. The molecule has 0 saturated carbocycles. The number of aromatic nitrogens is 1. The average Bonchev–Trinajstić information content (AvgIpc) is 3.35. The van der Waals surface area contributed by atoms with Gasteiger partial charge in [-0.25, -0.2) is 4.98 Å². The Morgan fingerprint density at radius 3 is 2.76 bits per heavy atom. The van der Waals surface area contributed by atoms with E-state index >= 15 is 0 Å². The number of ether oxygens (including phenoxy) is 1. The lowest BCUT2D eigenvalue weighted by atomic mass is 9.79. The Bertz CT molecular complexity index is 559. The molecule has 0 N–H and O–H groups in total. The second kappa shape index (κ2) is 7.91. The topological polar surface area (TPSA) is 31.8 Å². The second-order valence-electron chi connectivity index (χ2n) is 8.14. The van der Waals surface area contributed by atoms with E-state index in [9.17, 15) is 0 Å². The van der Waals surface area contributed by atoms with Crippen LogP contribution in [0.15, 0.2) is 6.20 Å². The van der Waals surface area contributed by atoms with Crippen molar-refractivity contribution in [2.45, 2.75) is 38.6 Å². The fourth-order valence-corrected chi connectivity index (χ4v) is 5.87. The number of rotatable bonds is 6. The van der Waals surface area contributed by atoms with Crippen molar-refractivity contribution < 1.29 is 4.74 Å². The van der Waals surface area contributed by atoms with E-state index in [2.05, 4.69) is 25.9 Å². The fraction of sp³-hybridized carbons (Fsp3) is 0.842. The fourth-order valence-electron chi connectivity index (χ4n) is 4.86. The summed E-state index contributed by atoms with van der Waals surface area (Å²) in [5, 5.41) is 1.24. The summed E-state index contributed by atoms with van der Waals surface area (Å²) >= 11 is 1.91. The first-order valence-electron chi connectivity index (χ1n) is 9.90. The van der Waals surface area contributed by atoms with Gasteiger partial charge >= 0.3 is 0 Å². The first-order valence-corrected chi connectivity index (χ1v) is 10.7. The molecule has 3 saturated heterocycles. The van der Waals surface area contributed by atoms with E-state index in [1.165, 1.54) is 81.4 Å². The first kappa shape index (κ1) is 17.7. The van der Waals surface area contributed by atoms with E-state index in [4.69, 9.17) is 4.74 Å². The summed E-state index contributed by atoms with van der Waals surface area (Å²) in [6.45, 7) is 10.4. The molecule has 6 heteroatoms. The third kappa shape index (κ3) is 4.18. The zero-order valence-electron chi connectivity index (χ0n) is 15.6. The van der Waals surface area contributed by atoms with E-state index in [0.717, 1.165) is 19.7 Å². The van der Waals surface area contributed by atoms with Crippen molar-refractivity contribution >= 4 is 16.5 Å². The molecule has 0 amide bonds. The van der Waals surface area contributed by atoms with Crippen LogP contribution in [-0.4, -0.2) is 74.3 Å². The van der Waals surface area contributed by atoms with Crippen LogP contribution >= 0.6 is 11.3 Å². The molecule has 25 heavy (non-hydrogen) atoms. The van der Waals surface area contributed by atoms with Crippen molar-refractivity contribution in [3.63, 3.8) is 0 Å². The standard InChI is InChI=1S/C19H32N4OS/c1-24-12-11-21-7-4-5-19(15-21)6-10-22(16-19)14-17-13-20-18(25-17)23-8-2-3-9-23/h13H,2-12,14-16H2,1H3/t19-/m1/s1. The molecule has 5 nitrogen and oxygen atoms in total. The lowest BCUT2D eigenvalue weighted by Gasteiger charge is -2.40. The lowest BCUT2D eigenvalue weighted by Crippen LogP contribution is -2.45. The van der Waals surface area contributed by atoms with Gasteiger partial charge in [-0.15, -0.1) is 11.3 Å². The van der Waals surface area contributed by atoms with Gasteiger partial charge in [0.15, 0.2) is 5.13 Å². The normalized spacial score (nSPS) is 28.4. The minimum Gasteiger partial charge on any atom is -0.383 e. The summed E-state index contributed by atoms with van der Waals surface area (Å²) < 4.78 is 5.28. The number of hydrogen-bond donors (Lipinski definition) is 0. The van der Waals surface area contributed by atoms with Crippen molar-refractivity contribution in [1.82, 2.24) is 14.8 Å². The van der Waals surface area contributed by atoms with E-state index < -0.39 is 0 Å². The number of piperidine rings is 1. The number of methoxy groups -OCH3 is 1. The summed E-state index contributed by atoms with van der Waals surface area (Å²) in [6, 6.07) is 0. The summed E-state index contributed by atoms with van der Waals surface area (Å²) in [7, 11) is 1.81. The van der Waals surface area contributed by atoms with Gasteiger partial charge in [-0.05, 0) is 50.6 Å². The van der Waals surface area contributed by atoms with Crippen LogP contribution in [0.1, 0.15) is 37.0 Å². The Morgan fingerprint density at radius 2 is 1.92 bits per heavy atom. The molecule has 1 aromatic rings. The highest BCUT2D eigenvalue weighted by atomic mass is 32.1. The molecule has 1 atom stereocenters. The van der Waals surface area contributed by atoms with Crippen molar-refractivity contribution in [3.8, 4) is 0 Å². The number of likely N-dealkylation sites (tertiary alicyclic amines) is 2. The van der Waals surface area contributed by atoms with Crippen LogP contribution < -0.4 is 4.90 Å². The Hall–Kier alpha value is -0.690. The van der Waals surface area contributed by atoms with Gasteiger partial charge in [0.2, 0.25) is 0 Å². The maximum atomic E-state index is 5.28. The highest BCUT2D eigenvalue weighted by Crippen LogP contribution is 2.40. The number of anilines is 1. The molecule has 0 aromatic carbocycles.